The lowest BCUT2D eigenvalue weighted by Crippen LogP contribution is -2.41. The van der Waals surface area contributed by atoms with Crippen molar-refractivity contribution in [3.63, 3.8) is 0 Å². The summed E-state index contributed by atoms with van der Waals surface area (Å²) in [6, 6.07) is 8.51. The van der Waals surface area contributed by atoms with E-state index in [2.05, 4.69) is 34.9 Å². The molecule has 9 atom stereocenters. The Morgan fingerprint density at radius 1 is 0.622 bits per heavy atom. The molecule has 6 heterocycles. The van der Waals surface area contributed by atoms with Crippen LogP contribution >= 0.6 is 0 Å². The van der Waals surface area contributed by atoms with Crippen LogP contribution in [0, 0.1) is 42.0 Å². The van der Waals surface area contributed by atoms with Crippen molar-refractivity contribution < 1.29 is 56.6 Å². The van der Waals surface area contributed by atoms with Gasteiger partial charge < -0.3 is 41.4 Å². The van der Waals surface area contributed by atoms with Gasteiger partial charge in [0.15, 0.2) is 28.9 Å². The van der Waals surface area contributed by atoms with Crippen LogP contribution in [0.15, 0.2) is 78.5 Å². The molecular weight excluding hydrogens is 987 g/mol. The highest BCUT2D eigenvalue weighted by Crippen LogP contribution is 2.34. The Balaban J connectivity index is 0.000000171. The topological polar surface area (TPSA) is 280 Å². The van der Waals surface area contributed by atoms with E-state index in [0.29, 0.717) is 48.7 Å². The van der Waals surface area contributed by atoms with Crippen LogP contribution in [-0.2, 0) is 22.9 Å². The average Bonchev–Trinajstić information content (AvgIpc) is 3.85. The fourth-order valence-corrected chi connectivity index (χ4v) is 11.2. The van der Waals surface area contributed by atoms with Gasteiger partial charge in [-0.15, -0.1) is 0 Å². The fraction of sp³-hybridized carbons (Fsp3) is 0.462. The zero-order valence-corrected chi connectivity index (χ0v) is 41.5. The molecular formula is C52H61F4N9O8S. The lowest BCUT2D eigenvalue weighted by Gasteiger charge is -2.23. The molecule has 0 radical (unpaired) electrons. The molecule has 74 heavy (non-hydrogen) atoms. The number of hydrogen-bond donors (Lipinski definition) is 8. The number of rotatable bonds is 8. The molecule has 0 amide bonds. The Morgan fingerprint density at radius 3 is 1.68 bits per heavy atom. The van der Waals surface area contributed by atoms with Crippen LogP contribution < -0.4 is 5.73 Å². The first-order valence-corrected chi connectivity index (χ1v) is 26.3. The number of halogens is 4. The van der Waals surface area contributed by atoms with Crippen molar-refractivity contribution in [2.75, 3.05) is 0 Å². The van der Waals surface area contributed by atoms with E-state index < -0.39 is 75.8 Å². The number of aliphatic hydroxyl groups excluding tert-OH is 6. The molecule has 3 saturated carbocycles. The number of aromatic amines is 1. The van der Waals surface area contributed by atoms with E-state index >= 15 is 0 Å². The third-order valence-electron chi connectivity index (χ3n) is 14.2. The Hall–Kier alpha value is -5.85. The predicted octanol–water partition coefficient (Wildman–Crippen LogP) is 6.13. The van der Waals surface area contributed by atoms with Crippen LogP contribution in [0.25, 0.3) is 44.8 Å². The van der Waals surface area contributed by atoms with Gasteiger partial charge in [-0.05, 0) is 94.4 Å². The van der Waals surface area contributed by atoms with Crippen molar-refractivity contribution in [2.24, 2.45) is 17.6 Å². The third kappa shape index (κ3) is 12.5. The number of aliphatic hydroxyl groups is 6. The van der Waals surface area contributed by atoms with Crippen molar-refractivity contribution in [3.8, 4) is 22.8 Å². The van der Waals surface area contributed by atoms with Crippen LogP contribution in [0.5, 0.6) is 0 Å². The van der Waals surface area contributed by atoms with E-state index in [0.717, 1.165) is 85.3 Å². The van der Waals surface area contributed by atoms with Crippen LogP contribution in [-0.4, -0.2) is 121 Å². The summed E-state index contributed by atoms with van der Waals surface area (Å²) in [4.78, 5) is 27.7. The molecule has 10 rings (SSSR count). The number of nitrogens with two attached hydrogens (primary N) is 1. The molecule has 396 valence electrons. The molecule has 0 unspecified atom stereocenters. The zero-order chi connectivity index (χ0) is 52.8. The van der Waals surface area contributed by atoms with Gasteiger partial charge >= 0.3 is 0 Å². The van der Waals surface area contributed by atoms with Crippen LogP contribution in [0.3, 0.4) is 0 Å². The molecule has 22 heteroatoms. The maximum absolute atomic E-state index is 14.7. The average molecular weight is 1050 g/mol. The number of nitrogens with zero attached hydrogens (tertiary/aromatic N) is 7. The van der Waals surface area contributed by atoms with Gasteiger partial charge in [0, 0.05) is 40.3 Å². The van der Waals surface area contributed by atoms with Crippen molar-refractivity contribution in [1.82, 2.24) is 38.9 Å². The zero-order valence-electron chi connectivity index (χ0n) is 40.7. The predicted molar refractivity (Wildman–Crippen MR) is 265 cm³/mol. The molecule has 1 aromatic carbocycles. The van der Waals surface area contributed by atoms with Crippen molar-refractivity contribution in [2.45, 2.75) is 144 Å². The second kappa shape index (κ2) is 23.8. The highest BCUT2D eigenvalue weighted by Gasteiger charge is 2.33. The van der Waals surface area contributed by atoms with Crippen LogP contribution in [0.2, 0.25) is 0 Å². The standard InChI is InChI=1S/C26H26F2N4O4S.C19H20F2N4O2.C7H15NO2/c1-15-6-8-18(9-7-15)37(35,36)32-14-20(19-11-17(27)12-30-26(19)32)25-29-13-21(28)22(31-25)10-16-4-2-3-5-23(33)24(16)34;20-11-6-12-13(8-23-18(12)22-7-11)19-24-9-14(21)15(25-19)5-10-3-1-2-4-16(26)17(10)27;8-5-3-1-2-4-6(9)7(5)10/h6-9,11-14,16,23-24,33-34H,2-5,10H2,1H3;6-10,16-17,26-27H,1-5H2,(H,22,23);5-7,9-10H,1-4,8H2/t16-,23-,24-;10-,16-,17-;5-,6+,7+/m110/s1. The van der Waals surface area contributed by atoms with Gasteiger partial charge in [-0.25, -0.2) is 59.9 Å². The normalized spacial score (nSPS) is 24.7. The van der Waals surface area contributed by atoms with Gasteiger partial charge in [-0.3, -0.25) is 0 Å². The van der Waals surface area contributed by atoms with E-state index in [4.69, 9.17) is 5.73 Å². The van der Waals surface area contributed by atoms with Crippen LogP contribution in [0.4, 0.5) is 17.6 Å². The molecule has 0 bridgehead atoms. The molecule has 0 saturated heterocycles. The maximum atomic E-state index is 14.7. The molecule has 3 fully saturated rings. The molecule has 0 spiro atoms. The number of benzene rings is 1. The number of pyridine rings is 2. The second-order valence-corrected chi connectivity index (χ2v) is 21.3. The van der Waals surface area contributed by atoms with Gasteiger partial charge in [0.25, 0.3) is 10.0 Å². The summed E-state index contributed by atoms with van der Waals surface area (Å²) in [5.74, 6) is -2.84. The minimum atomic E-state index is -4.10. The molecule has 3 aliphatic rings. The first-order valence-electron chi connectivity index (χ1n) is 24.9. The Labute approximate surface area is 424 Å². The van der Waals surface area contributed by atoms with E-state index in [-0.39, 0.29) is 69.3 Å². The summed E-state index contributed by atoms with van der Waals surface area (Å²) in [6.45, 7) is 1.84. The molecule has 0 aliphatic heterocycles. The van der Waals surface area contributed by atoms with Gasteiger partial charge in [-0.1, -0.05) is 56.2 Å². The third-order valence-corrected chi connectivity index (χ3v) is 15.9. The fourth-order valence-electron chi connectivity index (χ4n) is 9.89. The smallest absolute Gasteiger partial charge is 0.269 e. The van der Waals surface area contributed by atoms with Crippen molar-refractivity contribution in [1.29, 1.82) is 0 Å². The van der Waals surface area contributed by atoms with Crippen LogP contribution in [0.1, 0.15) is 94.0 Å². The van der Waals surface area contributed by atoms with E-state index in [1.807, 2.05) is 6.92 Å². The number of hydrogen-bond acceptors (Lipinski definition) is 15. The molecule has 6 aromatic heterocycles. The van der Waals surface area contributed by atoms with E-state index in [9.17, 15) is 56.6 Å². The van der Waals surface area contributed by atoms with E-state index in [1.54, 1.807) is 18.3 Å². The highest BCUT2D eigenvalue weighted by atomic mass is 32.2. The number of H-pyrrole nitrogens is 1. The summed E-state index contributed by atoms with van der Waals surface area (Å²) in [5.41, 5.74) is 7.81. The molecule has 7 aromatic rings. The molecule has 9 N–H and O–H groups in total. The van der Waals surface area contributed by atoms with E-state index in [1.165, 1.54) is 24.4 Å². The first-order chi connectivity index (χ1) is 35.4. The summed E-state index contributed by atoms with van der Waals surface area (Å²) >= 11 is 0. The number of aryl methyl sites for hydroxylation is 1. The molecule has 17 nitrogen and oxygen atoms in total. The maximum Gasteiger partial charge on any atom is 0.269 e. The van der Waals surface area contributed by atoms with Gasteiger partial charge in [0.05, 0.1) is 77.7 Å². The summed E-state index contributed by atoms with van der Waals surface area (Å²) in [6.07, 6.45) is 11.4. The largest absolute Gasteiger partial charge is 0.390 e. The minimum absolute atomic E-state index is 0.00434. The minimum Gasteiger partial charge on any atom is -0.390 e. The summed E-state index contributed by atoms with van der Waals surface area (Å²) in [5, 5.41) is 60.1. The number of fused-ring (bicyclic) bond motifs is 2. The summed E-state index contributed by atoms with van der Waals surface area (Å²) < 4.78 is 84.7. The van der Waals surface area contributed by atoms with Gasteiger partial charge in [0.2, 0.25) is 0 Å². The van der Waals surface area contributed by atoms with Crippen molar-refractivity contribution >= 4 is 32.1 Å². The first kappa shape index (κ1) is 54.4. The van der Waals surface area contributed by atoms with Crippen molar-refractivity contribution in [3.05, 3.63) is 114 Å². The SMILES string of the molecule is Cc1ccc(S(=O)(=O)n2cc(-c3ncc(F)c(C[C@H]4CCCC[C@@H](O)[C@@H]4O)n3)c3cc(F)cnc32)cc1.N[C@H]1CCCC[C@@H](O)[C@@H]1O.O[C@@H]1[C@@H](Cc2nc(-c3c[nH]c4ncc(F)cc34)ncc2F)CCCC[C@H]1O. The Kier molecular flexibility index (Phi) is 17.5. The highest BCUT2D eigenvalue weighted by molar-refractivity contribution is 7.90. The second-order valence-electron chi connectivity index (χ2n) is 19.5. The monoisotopic (exact) mass is 1050 g/mol. The Morgan fingerprint density at radius 2 is 1.11 bits per heavy atom. The number of nitrogens with one attached hydrogen (secondary N) is 1. The Bertz CT molecular complexity index is 3140. The molecule has 3 aliphatic carbocycles. The summed E-state index contributed by atoms with van der Waals surface area (Å²) in [7, 11) is -4.10. The number of aromatic nitrogens is 8. The quantitative estimate of drug-likeness (QED) is 0.0628. The van der Waals surface area contributed by atoms with Gasteiger partial charge in [-0.2, -0.15) is 0 Å². The lowest BCUT2D eigenvalue weighted by atomic mass is 9.91. The lowest BCUT2D eigenvalue weighted by molar-refractivity contribution is -0.0150. The van der Waals surface area contributed by atoms with Gasteiger partial charge in [0.1, 0.15) is 17.3 Å².